The van der Waals surface area contributed by atoms with Gasteiger partial charge < -0.3 is 79.4 Å². The minimum Gasteiger partial charge on any atom is -0.870 e. The zero-order valence-corrected chi connectivity index (χ0v) is 89.7. The summed E-state index contributed by atoms with van der Waals surface area (Å²) in [7, 11) is 4.46. The highest BCUT2D eigenvalue weighted by Gasteiger charge is 2.33. The van der Waals surface area contributed by atoms with Gasteiger partial charge in [0.15, 0.2) is 47.8 Å². The van der Waals surface area contributed by atoms with Crippen molar-refractivity contribution in [3.8, 4) is 23.0 Å². The number of sulfonamides is 3. The fraction of sp³-hybridized carbons (Fsp3) is 0.255. The lowest BCUT2D eigenvalue weighted by Crippen LogP contribution is -2.25. The van der Waals surface area contributed by atoms with Crippen molar-refractivity contribution in [1.82, 2.24) is 19.6 Å². The van der Waals surface area contributed by atoms with Crippen LogP contribution in [0.15, 0.2) is 226 Å². The lowest BCUT2D eigenvalue weighted by atomic mass is 10.0. The van der Waals surface area contributed by atoms with E-state index in [4.69, 9.17) is 82.1 Å². The second kappa shape index (κ2) is 54.5. The molecule has 4 amide bonds. The number of aromatic nitrogens is 2. The number of carbonyl (C=O) groups excluding carboxylic acids is 7. The van der Waals surface area contributed by atoms with Gasteiger partial charge in [-0.15, -0.1) is 45.3 Å². The Balaban J connectivity index is 0.000000231. The number of carbonyl (C=O) groups is 8. The summed E-state index contributed by atoms with van der Waals surface area (Å²) < 4.78 is 193. The summed E-state index contributed by atoms with van der Waals surface area (Å²) in [4.78, 5) is 103. The molecule has 0 saturated heterocycles. The first-order valence-electron chi connectivity index (χ1n) is 42.7. The van der Waals surface area contributed by atoms with Crippen LogP contribution in [-0.4, -0.2) is 214 Å². The molecule has 54 heteroatoms. The number of hydrogen-bond donors (Lipinski definition) is 6. The number of anilines is 4. The lowest BCUT2D eigenvalue weighted by molar-refractivity contribution is -0.605. The number of nitrogen functional groups attached to an aromatic ring is 1. The van der Waals surface area contributed by atoms with Crippen molar-refractivity contribution in [3.63, 3.8) is 0 Å². The maximum absolute atomic E-state index is 13.7. The molecule has 2 atom stereocenters. The number of H-pyrrole nitrogens is 1. The smallest absolute Gasteiger partial charge is 0.387 e. The molecular weight excluding hydrogens is 2210 g/mol. The fourth-order valence-electron chi connectivity index (χ4n) is 12.4. The van der Waals surface area contributed by atoms with Crippen molar-refractivity contribution in [1.29, 1.82) is 0 Å². The second-order valence-corrected chi connectivity index (χ2v) is 45.5. The van der Waals surface area contributed by atoms with Crippen molar-refractivity contribution >= 4 is 210 Å². The number of aromatic carboxylic acids is 1. The number of hydrogen-bond acceptors (Lipinski definition) is 31. The SMILES string of the molecule is CN(C)C(=O)c1cccc(S(=O)(=O)Cl)c1.CN(C)C(=O)c1cccc(S(=O)(=O)Nc2ccc(C(=O)O)s2)c1.CN(C)C(=O)c1cccc(S(=O)(=O)Nc2ccsc2C(=O)O[C@@H](Cc2c(Cl)c[n+]([O-])cc2Cl)c2ccc(OC(F)F)c(OCC3CC3)c2)c1.COC(=O)c1ccc(N)s1.COC(=O)c1ccc(NS(=O)(=O)c2cccc(C(=O)N(C)C)c2)s1.O[C@@H](Cc1c(Cl)c[nH+]cc1Cl)c1ccc(OC(F)F)c(OCC2CC2)c1.[OH-]. The van der Waals surface area contributed by atoms with E-state index in [0.717, 1.165) is 72.1 Å². The number of pyridine rings is 2. The Morgan fingerprint density at radius 1 is 0.486 bits per heavy atom. The van der Waals surface area contributed by atoms with Crippen LogP contribution >= 0.6 is 102 Å². The average Bonchev–Trinajstić information content (AvgIpc) is 1.50. The third kappa shape index (κ3) is 35.8. The Labute approximate surface area is 887 Å². The van der Waals surface area contributed by atoms with Gasteiger partial charge in [0.25, 0.3) is 62.7 Å². The summed E-state index contributed by atoms with van der Waals surface area (Å²) >= 11 is 28.8. The number of nitrogens with two attached hydrogens (primary N) is 1. The molecule has 14 rings (SSSR count). The number of thiophene rings is 4. The number of methoxy groups -OCH3 is 2. The normalized spacial score (nSPS) is 12.4. The molecule has 794 valence electrons. The molecule has 0 unspecified atom stereocenters. The Morgan fingerprint density at radius 2 is 0.865 bits per heavy atom. The van der Waals surface area contributed by atoms with Crippen LogP contribution in [0.2, 0.25) is 20.1 Å². The summed E-state index contributed by atoms with van der Waals surface area (Å²) in [5, 5.41) is 34.6. The Morgan fingerprint density at radius 3 is 1.25 bits per heavy atom. The van der Waals surface area contributed by atoms with E-state index >= 15 is 0 Å². The van der Waals surface area contributed by atoms with E-state index in [1.54, 1.807) is 72.9 Å². The fourth-order valence-corrected chi connectivity index (χ4v) is 21.1. The first-order valence-corrected chi connectivity index (χ1v) is 54.3. The highest BCUT2D eigenvalue weighted by molar-refractivity contribution is 8.13. The second-order valence-electron chi connectivity index (χ2n) is 32.1. The summed E-state index contributed by atoms with van der Waals surface area (Å²) in [5.41, 5.74) is 7.87. The molecule has 0 radical (unpaired) electrons. The number of halogens is 9. The third-order valence-electron chi connectivity index (χ3n) is 20.1. The first-order chi connectivity index (χ1) is 69.1. The van der Waals surface area contributed by atoms with Gasteiger partial charge in [-0.2, -0.15) is 22.3 Å². The third-order valence-corrected chi connectivity index (χ3v) is 30.9. The molecule has 9 N–H and O–H groups in total. The van der Waals surface area contributed by atoms with E-state index in [0.29, 0.717) is 53.9 Å². The summed E-state index contributed by atoms with van der Waals surface area (Å²) in [6.07, 6.45) is 7.15. The molecule has 2 aliphatic rings. The first kappa shape index (κ1) is 120. The van der Waals surface area contributed by atoms with Gasteiger partial charge in [0, 0.05) is 113 Å². The van der Waals surface area contributed by atoms with Gasteiger partial charge >= 0.3 is 37.1 Å². The van der Waals surface area contributed by atoms with Crippen LogP contribution in [0.3, 0.4) is 0 Å². The molecule has 6 heterocycles. The van der Waals surface area contributed by atoms with Crippen LogP contribution in [0.25, 0.3) is 0 Å². The highest BCUT2D eigenvalue weighted by Crippen LogP contribution is 2.42. The molecule has 37 nitrogen and oxygen atoms in total. The minimum absolute atomic E-state index is 0. The van der Waals surface area contributed by atoms with Gasteiger partial charge in [-0.25, -0.2) is 57.8 Å². The number of nitrogens with zero attached hydrogens (tertiary/aromatic N) is 5. The molecule has 12 aromatic rings. The van der Waals surface area contributed by atoms with Crippen molar-refractivity contribution in [3.05, 3.63) is 295 Å². The Kier molecular flexibility index (Phi) is 44.3. The maximum Gasteiger partial charge on any atom is 0.387 e. The van der Waals surface area contributed by atoms with Crippen molar-refractivity contribution in [2.45, 2.75) is 83.5 Å². The van der Waals surface area contributed by atoms with Gasteiger partial charge in [0.1, 0.15) is 55.7 Å². The van der Waals surface area contributed by atoms with E-state index in [-0.39, 0.29) is 165 Å². The summed E-state index contributed by atoms with van der Waals surface area (Å²) in [5.74, 6) is -3.59. The zero-order valence-electron chi connectivity index (χ0n) is 79.4. The molecular formula is C94H95Cl5F4N10O27S8. The predicted octanol–water partition coefficient (Wildman–Crippen LogP) is 17.4. The molecule has 2 saturated carbocycles. The number of carboxylic acids is 1. The van der Waals surface area contributed by atoms with Gasteiger partial charge in [0.2, 0.25) is 0 Å². The lowest BCUT2D eigenvalue weighted by Gasteiger charge is -2.21. The van der Waals surface area contributed by atoms with Crippen LogP contribution in [0.4, 0.5) is 38.3 Å². The number of amides is 4. The van der Waals surface area contributed by atoms with Gasteiger partial charge in [-0.1, -0.05) is 82.8 Å². The van der Waals surface area contributed by atoms with E-state index in [9.17, 15) is 99.9 Å². The molecule has 2 aliphatic carbocycles. The number of carboxylic acid groups (broad SMARTS) is 1. The van der Waals surface area contributed by atoms with Crippen LogP contribution in [0.1, 0.15) is 140 Å². The van der Waals surface area contributed by atoms with Crippen LogP contribution in [-0.2, 0) is 66.2 Å². The molecule has 2 fully saturated rings. The molecule has 0 aliphatic heterocycles. The van der Waals surface area contributed by atoms with E-state index in [2.05, 4.69) is 38.1 Å². The maximum atomic E-state index is 13.7. The van der Waals surface area contributed by atoms with Crippen molar-refractivity contribution in [2.75, 3.05) is 104 Å². The number of esters is 3. The average molecular weight is 2310 g/mol. The number of rotatable bonds is 35. The van der Waals surface area contributed by atoms with Gasteiger partial charge in [-0.05, 0) is 194 Å². The Bertz CT molecular complexity index is 7200. The monoisotopic (exact) mass is 2300 g/mol. The molecule has 148 heavy (non-hydrogen) atoms. The number of aromatic amines is 1. The molecule has 0 bridgehead atoms. The molecule has 6 aromatic heterocycles. The standard InChI is InChI=1S/C32H29Cl2F2N3O8S2.C18H17Cl2F2NO3.C15H16N2O5S2.C14H14N2O5S2.C9H10ClNO3S.C6H7NO2S.H2O/c1-38(2)30(40)20-4-3-5-21(12-20)49(43,44)37-25-10-11-48-29(25)31(41)46-27(14-22-23(33)15-39(42)16-24(22)34)19-8-9-26(47-32(35)36)28(13-19)45-17-18-6-7-18;19-13-7-23-8-14(20)12(13)6-15(24)11-3-4-16(26-18(21)22)17(5-11)25-9-10-1-2-10;1-17(2)14(18)10-5-4-6-11(9-10)24(20,21)16-13-8-7-12(23-13)15(19)22-3;1-16(2)13(17)9-4-3-5-10(8-9)23(20,21)15-12-7-6-11(22-12)14(18)19;1-11(2)9(12)7-4-3-5-8(6-7)15(10,13)14;1-9-6(8)4-2-3-5(7)10-4;/h3-5,8-13,15-16,18,27,32,37H,6-7,14,17H2,1-2H3;3-5,7-8,10,15,18,24H,1-2,6,9H2;4-9,16H,1-3H3;3-8,15H,1-2H3,(H,18,19);3-6H,1-2H3;2-3H,7H2,1H3;1H2/t27-;15-;;;;;/m00...../s1. The van der Waals surface area contributed by atoms with E-state index < -0.39 is 88.4 Å². The molecule has 0 spiro atoms. The number of benzene rings is 6. The molecule has 6 aromatic carbocycles. The Hall–Kier alpha value is -12.7. The van der Waals surface area contributed by atoms with Crippen LogP contribution in [0.5, 0.6) is 23.0 Å². The van der Waals surface area contributed by atoms with Crippen LogP contribution in [0, 0.1) is 17.0 Å². The van der Waals surface area contributed by atoms with Gasteiger partial charge in [-0.3, -0.25) is 33.3 Å². The number of ether oxygens (including phenoxy) is 7. The van der Waals surface area contributed by atoms with E-state index in [1.165, 1.54) is 222 Å². The highest BCUT2D eigenvalue weighted by atomic mass is 35.7. The van der Waals surface area contributed by atoms with Crippen LogP contribution < -0.4 is 48.6 Å². The summed E-state index contributed by atoms with van der Waals surface area (Å²) in [6, 6.07) is 41.2. The van der Waals surface area contributed by atoms with E-state index in [1.807, 2.05) is 0 Å². The number of aliphatic hydroxyl groups is 1. The van der Waals surface area contributed by atoms with Crippen molar-refractivity contribution in [2.24, 2.45) is 11.8 Å². The van der Waals surface area contributed by atoms with Gasteiger partial charge in [0.05, 0.1) is 63.8 Å². The largest absolute Gasteiger partial charge is 0.870 e. The minimum atomic E-state index is -4.27. The quantitative estimate of drug-likeness (QED) is 0.00536. The number of nitrogens with one attached hydrogen (secondary N) is 4. The topological polar surface area (TPSA) is 524 Å². The van der Waals surface area contributed by atoms with Crippen molar-refractivity contribution < 1.29 is 148 Å². The predicted molar refractivity (Wildman–Crippen MR) is 548 cm³/mol. The number of aliphatic hydroxyl groups excluding tert-OH is 1. The number of alkyl halides is 4. The summed E-state index contributed by atoms with van der Waals surface area (Å²) in [6.45, 7) is -5.38. The zero-order chi connectivity index (χ0) is 108.